The zero-order chi connectivity index (χ0) is 8.55. The van der Waals surface area contributed by atoms with Gasteiger partial charge in [-0.1, -0.05) is 0 Å². The Morgan fingerprint density at radius 2 is 2.42 bits per heavy atom. The Balaban J connectivity index is 2.82. The highest BCUT2D eigenvalue weighted by molar-refractivity contribution is 5.85. The standard InChI is InChI=1S/C8H10N4/c1-2-12-8-6(7(9)11-12)4-3-5-10-8/h3-5H,2H2,1H3,(H2,9,11). The van der Waals surface area contributed by atoms with Gasteiger partial charge in [0.2, 0.25) is 0 Å². The first-order valence-electron chi connectivity index (χ1n) is 3.90. The smallest absolute Gasteiger partial charge is 0.159 e. The first kappa shape index (κ1) is 7.09. The summed E-state index contributed by atoms with van der Waals surface area (Å²) in [7, 11) is 0. The van der Waals surface area contributed by atoms with Crippen LogP contribution in [0.1, 0.15) is 6.92 Å². The molecule has 0 bridgehead atoms. The van der Waals surface area contributed by atoms with Crippen molar-refractivity contribution >= 4 is 16.9 Å². The predicted octanol–water partition coefficient (Wildman–Crippen LogP) is 1.03. The summed E-state index contributed by atoms with van der Waals surface area (Å²) in [6, 6.07) is 3.79. The van der Waals surface area contributed by atoms with E-state index >= 15 is 0 Å². The van der Waals surface area contributed by atoms with Crippen LogP contribution in [-0.2, 0) is 6.54 Å². The third kappa shape index (κ3) is 0.845. The Hall–Kier alpha value is -1.58. The predicted molar refractivity (Wildman–Crippen MR) is 47.6 cm³/mol. The van der Waals surface area contributed by atoms with Crippen LogP contribution < -0.4 is 5.73 Å². The van der Waals surface area contributed by atoms with E-state index in [-0.39, 0.29) is 0 Å². The summed E-state index contributed by atoms with van der Waals surface area (Å²) in [5, 5.41) is 5.07. The minimum atomic E-state index is 0.556. The lowest BCUT2D eigenvalue weighted by molar-refractivity contribution is 0.680. The molecule has 0 spiro atoms. The van der Waals surface area contributed by atoms with Gasteiger partial charge in [0.15, 0.2) is 11.5 Å². The molecule has 2 aromatic heterocycles. The summed E-state index contributed by atoms with van der Waals surface area (Å²) in [6.07, 6.45) is 1.75. The van der Waals surface area contributed by atoms with Gasteiger partial charge in [0, 0.05) is 12.7 Å². The van der Waals surface area contributed by atoms with E-state index in [1.165, 1.54) is 0 Å². The van der Waals surface area contributed by atoms with Gasteiger partial charge in [0.05, 0.1) is 5.39 Å². The van der Waals surface area contributed by atoms with Crippen molar-refractivity contribution in [2.45, 2.75) is 13.5 Å². The number of hydrogen-bond acceptors (Lipinski definition) is 3. The average molecular weight is 162 g/mol. The molecule has 0 radical (unpaired) electrons. The highest BCUT2D eigenvalue weighted by Crippen LogP contribution is 2.16. The minimum Gasteiger partial charge on any atom is -0.382 e. The number of fused-ring (bicyclic) bond motifs is 1. The molecule has 0 aliphatic rings. The van der Waals surface area contributed by atoms with E-state index in [1.54, 1.807) is 10.9 Å². The number of pyridine rings is 1. The fraction of sp³-hybridized carbons (Fsp3) is 0.250. The van der Waals surface area contributed by atoms with Gasteiger partial charge in [0.1, 0.15) is 0 Å². The quantitative estimate of drug-likeness (QED) is 0.681. The zero-order valence-corrected chi connectivity index (χ0v) is 6.86. The summed E-state index contributed by atoms with van der Waals surface area (Å²) < 4.78 is 1.80. The van der Waals surface area contributed by atoms with Crippen LogP contribution in [0.25, 0.3) is 11.0 Å². The second-order valence-electron chi connectivity index (χ2n) is 2.58. The number of nitrogens with two attached hydrogens (primary N) is 1. The molecule has 0 saturated heterocycles. The Morgan fingerprint density at radius 1 is 1.58 bits per heavy atom. The van der Waals surface area contributed by atoms with Crippen molar-refractivity contribution in [2.75, 3.05) is 5.73 Å². The summed E-state index contributed by atoms with van der Waals surface area (Å²) in [5.74, 6) is 0.556. The molecule has 12 heavy (non-hydrogen) atoms. The normalized spacial score (nSPS) is 10.8. The fourth-order valence-corrected chi connectivity index (χ4v) is 1.25. The van der Waals surface area contributed by atoms with E-state index < -0.39 is 0 Å². The number of anilines is 1. The summed E-state index contributed by atoms with van der Waals surface area (Å²) in [4.78, 5) is 4.19. The van der Waals surface area contributed by atoms with Gasteiger partial charge in [0.25, 0.3) is 0 Å². The van der Waals surface area contributed by atoms with Crippen LogP contribution >= 0.6 is 0 Å². The zero-order valence-electron chi connectivity index (χ0n) is 6.86. The highest BCUT2D eigenvalue weighted by Gasteiger charge is 2.05. The number of aryl methyl sites for hydroxylation is 1. The van der Waals surface area contributed by atoms with Crippen molar-refractivity contribution in [3.63, 3.8) is 0 Å². The lowest BCUT2D eigenvalue weighted by Crippen LogP contribution is -1.97. The number of aromatic nitrogens is 3. The maximum atomic E-state index is 5.68. The average Bonchev–Trinajstić information content (AvgIpc) is 2.44. The molecule has 2 rings (SSSR count). The van der Waals surface area contributed by atoms with Crippen molar-refractivity contribution in [3.8, 4) is 0 Å². The molecular weight excluding hydrogens is 152 g/mol. The van der Waals surface area contributed by atoms with Crippen LogP contribution in [-0.4, -0.2) is 14.8 Å². The molecule has 0 aliphatic heterocycles. The molecule has 0 aromatic carbocycles. The summed E-state index contributed by atoms with van der Waals surface area (Å²) in [5.41, 5.74) is 6.54. The van der Waals surface area contributed by atoms with Crippen molar-refractivity contribution in [3.05, 3.63) is 18.3 Å². The van der Waals surface area contributed by atoms with Gasteiger partial charge < -0.3 is 5.73 Å². The SMILES string of the molecule is CCn1nc(N)c2cccnc21. The van der Waals surface area contributed by atoms with E-state index in [0.29, 0.717) is 5.82 Å². The summed E-state index contributed by atoms with van der Waals surface area (Å²) >= 11 is 0. The van der Waals surface area contributed by atoms with E-state index in [1.807, 2.05) is 19.1 Å². The Kier molecular flexibility index (Phi) is 1.46. The molecule has 0 saturated carbocycles. The topological polar surface area (TPSA) is 56.7 Å². The maximum absolute atomic E-state index is 5.68. The van der Waals surface area contributed by atoms with Crippen LogP contribution in [0.3, 0.4) is 0 Å². The summed E-state index contributed by atoms with van der Waals surface area (Å²) in [6.45, 7) is 2.81. The minimum absolute atomic E-state index is 0.556. The Bertz CT molecular complexity index is 404. The Labute approximate surface area is 70.0 Å². The molecule has 0 unspecified atom stereocenters. The van der Waals surface area contributed by atoms with Gasteiger partial charge in [-0.2, -0.15) is 5.10 Å². The van der Waals surface area contributed by atoms with E-state index in [0.717, 1.165) is 17.6 Å². The Morgan fingerprint density at radius 3 is 3.17 bits per heavy atom. The first-order valence-corrected chi connectivity index (χ1v) is 3.90. The molecule has 0 fully saturated rings. The van der Waals surface area contributed by atoms with Crippen LogP contribution in [0.4, 0.5) is 5.82 Å². The molecule has 2 N–H and O–H groups in total. The largest absolute Gasteiger partial charge is 0.382 e. The fourth-order valence-electron chi connectivity index (χ4n) is 1.25. The van der Waals surface area contributed by atoms with Gasteiger partial charge >= 0.3 is 0 Å². The molecule has 62 valence electrons. The van der Waals surface area contributed by atoms with Gasteiger partial charge in [-0.05, 0) is 19.1 Å². The van der Waals surface area contributed by atoms with Crippen LogP contribution in [0.15, 0.2) is 18.3 Å². The van der Waals surface area contributed by atoms with Crippen molar-refractivity contribution in [1.29, 1.82) is 0 Å². The van der Waals surface area contributed by atoms with Crippen LogP contribution in [0.2, 0.25) is 0 Å². The van der Waals surface area contributed by atoms with Crippen molar-refractivity contribution in [1.82, 2.24) is 14.8 Å². The van der Waals surface area contributed by atoms with Crippen molar-refractivity contribution < 1.29 is 0 Å². The molecule has 0 amide bonds. The molecule has 0 aliphatic carbocycles. The van der Waals surface area contributed by atoms with Crippen LogP contribution in [0, 0.1) is 0 Å². The molecule has 2 aromatic rings. The van der Waals surface area contributed by atoms with E-state index in [9.17, 15) is 0 Å². The highest BCUT2D eigenvalue weighted by atomic mass is 15.3. The molecular formula is C8H10N4. The van der Waals surface area contributed by atoms with E-state index in [2.05, 4.69) is 10.1 Å². The number of rotatable bonds is 1. The number of hydrogen-bond donors (Lipinski definition) is 1. The molecule has 4 nitrogen and oxygen atoms in total. The molecule has 0 atom stereocenters. The number of nitrogen functional groups attached to an aromatic ring is 1. The maximum Gasteiger partial charge on any atom is 0.159 e. The first-order chi connectivity index (χ1) is 5.83. The van der Waals surface area contributed by atoms with Gasteiger partial charge in [-0.15, -0.1) is 0 Å². The lowest BCUT2D eigenvalue weighted by atomic mass is 10.3. The molecule has 2 heterocycles. The monoisotopic (exact) mass is 162 g/mol. The van der Waals surface area contributed by atoms with E-state index in [4.69, 9.17) is 5.73 Å². The second kappa shape index (κ2) is 2.48. The second-order valence-corrected chi connectivity index (χ2v) is 2.58. The molecule has 4 heteroatoms. The van der Waals surface area contributed by atoms with Crippen molar-refractivity contribution in [2.24, 2.45) is 0 Å². The van der Waals surface area contributed by atoms with Crippen LogP contribution in [0.5, 0.6) is 0 Å². The van der Waals surface area contributed by atoms with Gasteiger partial charge in [-0.3, -0.25) is 0 Å². The number of nitrogens with zero attached hydrogens (tertiary/aromatic N) is 3. The lowest BCUT2D eigenvalue weighted by Gasteiger charge is -1.94. The van der Waals surface area contributed by atoms with Gasteiger partial charge in [-0.25, -0.2) is 9.67 Å². The third-order valence-electron chi connectivity index (χ3n) is 1.84. The third-order valence-corrected chi connectivity index (χ3v) is 1.84.